The highest BCUT2D eigenvalue weighted by Gasteiger charge is 2.21. The highest BCUT2D eigenvalue weighted by Crippen LogP contribution is 2.37. The van der Waals surface area contributed by atoms with E-state index in [4.69, 9.17) is 10.8 Å². The van der Waals surface area contributed by atoms with Gasteiger partial charge in [-0.1, -0.05) is 0 Å². The lowest BCUT2D eigenvalue weighted by molar-refractivity contribution is -0.384. The zero-order chi connectivity index (χ0) is 12.3. The first-order chi connectivity index (χ1) is 7.49. The number of benzene rings is 1. The summed E-state index contributed by atoms with van der Waals surface area (Å²) >= 11 is 2.97. The van der Waals surface area contributed by atoms with Gasteiger partial charge in [0.25, 0.3) is 5.69 Å². The van der Waals surface area contributed by atoms with Crippen LogP contribution in [0.5, 0.6) is 0 Å². The van der Waals surface area contributed by atoms with Crippen LogP contribution in [0.3, 0.4) is 0 Å². The van der Waals surface area contributed by atoms with Gasteiger partial charge in [-0.2, -0.15) is 0 Å². The van der Waals surface area contributed by atoms with Crippen LogP contribution in [0.2, 0.25) is 0 Å². The minimum absolute atomic E-state index is 0.00264. The molecule has 88 valence electrons. The lowest BCUT2D eigenvalue weighted by Gasteiger charge is -2.10. The van der Waals surface area contributed by atoms with Gasteiger partial charge in [-0.25, -0.2) is 4.39 Å². The van der Waals surface area contributed by atoms with Crippen LogP contribution in [-0.4, -0.2) is 23.2 Å². The van der Waals surface area contributed by atoms with Crippen molar-refractivity contribution in [1.82, 2.24) is 0 Å². The lowest BCUT2D eigenvalue weighted by atomic mass is 10.2. The average Bonchev–Trinajstić information content (AvgIpc) is 2.23. The summed E-state index contributed by atoms with van der Waals surface area (Å²) in [7, 11) is 0. The van der Waals surface area contributed by atoms with Crippen molar-refractivity contribution in [3.05, 3.63) is 26.5 Å². The van der Waals surface area contributed by atoms with Crippen LogP contribution in [0.15, 0.2) is 10.5 Å². The van der Waals surface area contributed by atoms with E-state index in [2.05, 4.69) is 21.2 Å². The van der Waals surface area contributed by atoms with E-state index in [9.17, 15) is 14.5 Å². The zero-order valence-electron chi connectivity index (χ0n) is 8.04. The largest absolute Gasteiger partial charge is 0.395 e. The third kappa shape index (κ3) is 2.39. The van der Waals surface area contributed by atoms with Gasteiger partial charge < -0.3 is 16.2 Å². The van der Waals surface area contributed by atoms with E-state index in [-0.39, 0.29) is 29.0 Å². The molecule has 6 nitrogen and oxygen atoms in total. The van der Waals surface area contributed by atoms with Gasteiger partial charge in [0.1, 0.15) is 5.69 Å². The van der Waals surface area contributed by atoms with Crippen molar-refractivity contribution in [2.75, 3.05) is 24.2 Å². The van der Waals surface area contributed by atoms with Gasteiger partial charge in [0, 0.05) is 6.54 Å². The Morgan fingerprint density at radius 2 is 2.31 bits per heavy atom. The summed E-state index contributed by atoms with van der Waals surface area (Å²) in [5.74, 6) is -0.804. The molecular weight excluding hydrogens is 285 g/mol. The molecule has 0 spiro atoms. The number of nitrogens with two attached hydrogens (primary N) is 1. The van der Waals surface area contributed by atoms with Gasteiger partial charge in [-0.05, 0) is 15.9 Å². The van der Waals surface area contributed by atoms with E-state index in [1.54, 1.807) is 0 Å². The van der Waals surface area contributed by atoms with Crippen LogP contribution in [0.25, 0.3) is 0 Å². The summed E-state index contributed by atoms with van der Waals surface area (Å²) in [4.78, 5) is 9.76. The fraction of sp³-hybridized carbons (Fsp3) is 0.250. The maximum Gasteiger partial charge on any atom is 0.296 e. The number of halogens is 2. The van der Waals surface area contributed by atoms with Crippen molar-refractivity contribution >= 4 is 33.0 Å². The second-order valence-electron chi connectivity index (χ2n) is 2.89. The molecule has 0 amide bonds. The second kappa shape index (κ2) is 5.08. The number of nitrogen functional groups attached to an aromatic ring is 1. The topological polar surface area (TPSA) is 101 Å². The summed E-state index contributed by atoms with van der Waals surface area (Å²) in [6.45, 7) is -0.0739. The Hall–Kier alpha value is -1.41. The normalized spacial score (nSPS) is 10.2. The minimum atomic E-state index is -0.804. The molecule has 0 heterocycles. The predicted molar refractivity (Wildman–Crippen MR) is 60.7 cm³/mol. The predicted octanol–water partition coefficient (Wildman–Crippen LogP) is 1.48. The summed E-state index contributed by atoms with van der Waals surface area (Å²) in [5.41, 5.74) is 4.80. The molecule has 1 aromatic rings. The zero-order valence-corrected chi connectivity index (χ0v) is 9.62. The van der Waals surface area contributed by atoms with E-state index in [0.29, 0.717) is 0 Å². The number of hydrogen-bond acceptors (Lipinski definition) is 5. The highest BCUT2D eigenvalue weighted by atomic mass is 79.9. The molecule has 1 aromatic carbocycles. The SMILES string of the molecule is Nc1c([N+](=O)[O-])cc(F)c(NCCO)c1Br. The van der Waals surface area contributed by atoms with Gasteiger partial charge in [-0.3, -0.25) is 10.1 Å². The van der Waals surface area contributed by atoms with E-state index in [0.717, 1.165) is 6.07 Å². The van der Waals surface area contributed by atoms with E-state index in [1.165, 1.54) is 0 Å². The molecule has 0 aliphatic carbocycles. The number of hydrogen-bond donors (Lipinski definition) is 3. The maximum absolute atomic E-state index is 13.4. The first-order valence-electron chi connectivity index (χ1n) is 4.25. The van der Waals surface area contributed by atoms with Gasteiger partial charge in [0.05, 0.1) is 27.8 Å². The molecule has 4 N–H and O–H groups in total. The Labute approximate surface area is 98.5 Å². The molecule has 0 radical (unpaired) electrons. The maximum atomic E-state index is 13.4. The fourth-order valence-electron chi connectivity index (χ4n) is 1.12. The minimum Gasteiger partial charge on any atom is -0.395 e. The van der Waals surface area contributed by atoms with Crippen LogP contribution in [0.4, 0.5) is 21.5 Å². The van der Waals surface area contributed by atoms with Gasteiger partial charge in [0.2, 0.25) is 0 Å². The fourth-order valence-corrected chi connectivity index (χ4v) is 1.65. The number of nitro groups is 1. The summed E-state index contributed by atoms with van der Waals surface area (Å²) in [6, 6.07) is 0.736. The van der Waals surface area contributed by atoms with Crippen LogP contribution in [0, 0.1) is 15.9 Å². The van der Waals surface area contributed by atoms with Crippen molar-refractivity contribution in [2.24, 2.45) is 0 Å². The molecular formula is C8H9BrFN3O3. The molecule has 0 aliphatic rings. The van der Waals surface area contributed by atoms with Crippen molar-refractivity contribution in [3.8, 4) is 0 Å². The smallest absolute Gasteiger partial charge is 0.296 e. The average molecular weight is 294 g/mol. The number of nitro benzene ring substituents is 1. The lowest BCUT2D eigenvalue weighted by Crippen LogP contribution is -2.09. The summed E-state index contributed by atoms with van der Waals surface area (Å²) in [6.07, 6.45) is 0. The number of aliphatic hydroxyl groups excluding tert-OH is 1. The van der Waals surface area contributed by atoms with E-state index < -0.39 is 16.4 Å². The number of nitrogens with one attached hydrogen (secondary N) is 1. The van der Waals surface area contributed by atoms with Gasteiger partial charge in [-0.15, -0.1) is 0 Å². The molecule has 0 atom stereocenters. The van der Waals surface area contributed by atoms with Gasteiger partial charge >= 0.3 is 0 Å². The van der Waals surface area contributed by atoms with Crippen molar-refractivity contribution in [2.45, 2.75) is 0 Å². The van der Waals surface area contributed by atoms with Crippen LogP contribution in [0.1, 0.15) is 0 Å². The standard InChI is InChI=1S/C8H9BrFN3O3/c9-6-7(11)5(13(15)16)3-4(10)8(6)12-1-2-14/h3,12,14H,1-2,11H2. The van der Waals surface area contributed by atoms with Crippen LogP contribution >= 0.6 is 15.9 Å². The molecule has 1 rings (SSSR count). The van der Waals surface area contributed by atoms with Crippen molar-refractivity contribution in [1.29, 1.82) is 0 Å². The van der Waals surface area contributed by atoms with E-state index >= 15 is 0 Å². The summed E-state index contributed by atoms with van der Waals surface area (Å²) in [5, 5.41) is 21.7. The molecule has 16 heavy (non-hydrogen) atoms. The molecule has 8 heteroatoms. The molecule has 0 aliphatic heterocycles. The molecule has 0 unspecified atom stereocenters. The Morgan fingerprint density at radius 3 is 2.81 bits per heavy atom. The molecule has 0 bridgehead atoms. The quantitative estimate of drug-likeness (QED) is 0.443. The number of anilines is 2. The van der Waals surface area contributed by atoms with Crippen molar-refractivity contribution in [3.63, 3.8) is 0 Å². The molecule has 0 aromatic heterocycles. The number of aliphatic hydroxyl groups is 1. The van der Waals surface area contributed by atoms with Crippen LogP contribution in [-0.2, 0) is 0 Å². The Kier molecular flexibility index (Phi) is 4.02. The monoisotopic (exact) mass is 293 g/mol. The molecule has 0 saturated heterocycles. The Morgan fingerprint density at radius 1 is 1.69 bits per heavy atom. The molecule has 0 fully saturated rings. The Bertz CT molecular complexity index is 427. The highest BCUT2D eigenvalue weighted by molar-refractivity contribution is 9.10. The first kappa shape index (κ1) is 12.7. The third-order valence-corrected chi connectivity index (χ3v) is 2.67. The third-order valence-electron chi connectivity index (χ3n) is 1.84. The first-order valence-corrected chi connectivity index (χ1v) is 5.05. The molecule has 0 saturated carbocycles. The number of nitrogens with zero attached hydrogens (tertiary/aromatic N) is 1. The van der Waals surface area contributed by atoms with Gasteiger partial charge in [0.15, 0.2) is 5.82 Å². The van der Waals surface area contributed by atoms with Crippen molar-refractivity contribution < 1.29 is 14.4 Å². The summed E-state index contributed by atoms with van der Waals surface area (Å²) < 4.78 is 13.5. The number of rotatable bonds is 4. The van der Waals surface area contributed by atoms with Crippen LogP contribution < -0.4 is 11.1 Å². The van der Waals surface area contributed by atoms with E-state index in [1.807, 2.05) is 0 Å². The second-order valence-corrected chi connectivity index (χ2v) is 3.68. The Balaban J connectivity index is 3.23.